The number of hydrogen-bond acceptors (Lipinski definition) is 5. The van der Waals surface area contributed by atoms with Gasteiger partial charge in [-0.15, -0.1) is 0 Å². The molecule has 1 unspecified atom stereocenters. The van der Waals surface area contributed by atoms with E-state index in [0.717, 1.165) is 0 Å². The van der Waals surface area contributed by atoms with Gasteiger partial charge in [-0.05, 0) is 12.1 Å². The second-order valence-corrected chi connectivity index (χ2v) is 4.80. The number of carbonyl (C=O) groups excluding carboxylic acids is 1. The highest BCUT2D eigenvalue weighted by Crippen LogP contribution is 2.14. The quantitative estimate of drug-likeness (QED) is 0.817. The molecular weight excluding hydrogens is 272 g/mol. The number of likely N-dealkylation sites (N-methyl/N-ethyl adjacent to an activating group) is 1. The molecule has 1 aliphatic heterocycles. The molecule has 3 rings (SSSR count). The predicted octanol–water partition coefficient (Wildman–Crippen LogP) is -0.354. The highest BCUT2D eigenvalue weighted by atomic mass is 16.5. The molecule has 0 radical (unpaired) electrons. The van der Waals surface area contributed by atoms with Crippen molar-refractivity contribution in [3.8, 4) is 0 Å². The molecule has 0 aliphatic carbocycles. The minimum atomic E-state index is -0.542. The fourth-order valence-electron chi connectivity index (χ4n) is 2.38. The number of morpholine rings is 1. The van der Waals surface area contributed by atoms with Crippen LogP contribution in [0, 0.1) is 0 Å². The molecule has 21 heavy (non-hydrogen) atoms. The average molecular weight is 288 g/mol. The molecule has 1 amide bonds. The lowest BCUT2D eigenvalue weighted by atomic mass is 10.2. The van der Waals surface area contributed by atoms with E-state index in [1.54, 1.807) is 25.4 Å². The number of hydrogen-bond donors (Lipinski definition) is 1. The fourth-order valence-corrected chi connectivity index (χ4v) is 2.38. The van der Waals surface area contributed by atoms with Crippen LogP contribution in [0.15, 0.2) is 35.3 Å². The average Bonchev–Trinajstić information content (AvgIpc) is 2.54. The number of amides is 1. The first kappa shape index (κ1) is 13.6. The molecule has 1 aliphatic rings. The summed E-state index contributed by atoms with van der Waals surface area (Å²) >= 11 is 0. The molecular formula is C14H16N4O3. The maximum absolute atomic E-state index is 12.1. The summed E-state index contributed by atoms with van der Waals surface area (Å²) in [6, 6.07) is 6.88. The Balaban J connectivity index is 1.93. The van der Waals surface area contributed by atoms with Gasteiger partial charge in [0.25, 0.3) is 11.5 Å². The lowest BCUT2D eigenvalue weighted by Crippen LogP contribution is -2.49. The van der Waals surface area contributed by atoms with Gasteiger partial charge in [-0.1, -0.05) is 6.07 Å². The highest BCUT2D eigenvalue weighted by molar-refractivity contribution is 5.81. The molecule has 0 aromatic carbocycles. The van der Waals surface area contributed by atoms with Crippen LogP contribution in [-0.4, -0.2) is 48.1 Å². The molecule has 1 atom stereocenters. The maximum Gasteiger partial charge on any atom is 0.259 e. The van der Waals surface area contributed by atoms with Gasteiger partial charge in [0, 0.05) is 25.9 Å². The van der Waals surface area contributed by atoms with Crippen LogP contribution < -0.4 is 15.8 Å². The summed E-state index contributed by atoms with van der Waals surface area (Å²) in [6.45, 7) is 1.41. The summed E-state index contributed by atoms with van der Waals surface area (Å²) in [5, 5.41) is 2.57. The molecule has 1 fully saturated rings. The number of pyridine rings is 1. The fraction of sp³-hybridized carbons (Fsp3) is 0.357. The number of fused-ring (bicyclic) bond motifs is 1. The Morgan fingerprint density at radius 3 is 3.14 bits per heavy atom. The van der Waals surface area contributed by atoms with Crippen LogP contribution in [0.25, 0.3) is 5.65 Å². The van der Waals surface area contributed by atoms with Crippen LogP contribution in [0.5, 0.6) is 0 Å². The number of carbonyl (C=O) groups is 1. The Morgan fingerprint density at radius 2 is 2.33 bits per heavy atom. The monoisotopic (exact) mass is 288 g/mol. The summed E-state index contributed by atoms with van der Waals surface area (Å²) in [5.41, 5.74) is 0.446. The van der Waals surface area contributed by atoms with Crippen molar-refractivity contribution >= 4 is 17.4 Å². The van der Waals surface area contributed by atoms with Crippen molar-refractivity contribution < 1.29 is 9.53 Å². The maximum atomic E-state index is 12.1. The first-order chi connectivity index (χ1) is 10.2. The van der Waals surface area contributed by atoms with E-state index in [1.807, 2.05) is 11.0 Å². The Morgan fingerprint density at radius 1 is 1.48 bits per heavy atom. The van der Waals surface area contributed by atoms with Crippen LogP contribution in [0.2, 0.25) is 0 Å². The Bertz CT molecular complexity index is 727. The van der Waals surface area contributed by atoms with Gasteiger partial charge in [0.2, 0.25) is 0 Å². The van der Waals surface area contributed by atoms with E-state index in [2.05, 4.69) is 10.3 Å². The van der Waals surface area contributed by atoms with E-state index in [1.165, 1.54) is 10.5 Å². The first-order valence-electron chi connectivity index (χ1n) is 6.75. The van der Waals surface area contributed by atoms with Gasteiger partial charge >= 0.3 is 0 Å². The number of nitrogens with zero attached hydrogens (tertiary/aromatic N) is 3. The van der Waals surface area contributed by atoms with Crippen LogP contribution in [0.4, 0.5) is 5.82 Å². The van der Waals surface area contributed by atoms with E-state index in [4.69, 9.17) is 4.74 Å². The molecule has 7 heteroatoms. The summed E-state index contributed by atoms with van der Waals surface area (Å²) in [4.78, 5) is 30.2. The normalized spacial score (nSPS) is 18.7. The highest BCUT2D eigenvalue weighted by Gasteiger charge is 2.27. The van der Waals surface area contributed by atoms with Crippen LogP contribution >= 0.6 is 0 Å². The number of nitrogens with one attached hydrogen (secondary N) is 1. The van der Waals surface area contributed by atoms with Crippen molar-refractivity contribution in [2.45, 2.75) is 6.10 Å². The largest absolute Gasteiger partial charge is 0.365 e. The number of aromatic nitrogens is 2. The Kier molecular flexibility index (Phi) is 3.57. The predicted molar refractivity (Wildman–Crippen MR) is 77.5 cm³/mol. The minimum Gasteiger partial charge on any atom is -0.365 e. The summed E-state index contributed by atoms with van der Waals surface area (Å²) < 4.78 is 6.92. The second-order valence-electron chi connectivity index (χ2n) is 4.80. The molecule has 1 N–H and O–H groups in total. The van der Waals surface area contributed by atoms with Gasteiger partial charge < -0.3 is 15.0 Å². The van der Waals surface area contributed by atoms with Crippen molar-refractivity contribution in [3.05, 3.63) is 40.8 Å². The SMILES string of the molecule is CNC(=O)C1CN(c2cc(=O)n3ccccc3n2)CCO1. The van der Waals surface area contributed by atoms with Gasteiger partial charge in [0.1, 0.15) is 11.5 Å². The molecule has 3 heterocycles. The zero-order valence-electron chi connectivity index (χ0n) is 11.7. The van der Waals surface area contributed by atoms with E-state index >= 15 is 0 Å². The second kappa shape index (κ2) is 5.53. The van der Waals surface area contributed by atoms with Crippen molar-refractivity contribution in [3.63, 3.8) is 0 Å². The molecule has 110 valence electrons. The topological polar surface area (TPSA) is 75.9 Å². The Labute approximate surface area is 121 Å². The Hall–Kier alpha value is -2.41. The number of ether oxygens (including phenoxy) is 1. The summed E-state index contributed by atoms with van der Waals surface area (Å²) in [6.07, 6.45) is 1.14. The van der Waals surface area contributed by atoms with Gasteiger partial charge in [0.05, 0.1) is 13.2 Å². The van der Waals surface area contributed by atoms with Crippen molar-refractivity contribution in [1.29, 1.82) is 0 Å². The van der Waals surface area contributed by atoms with Gasteiger partial charge in [-0.25, -0.2) is 4.98 Å². The van der Waals surface area contributed by atoms with Gasteiger partial charge in [-0.2, -0.15) is 0 Å². The van der Waals surface area contributed by atoms with Gasteiger partial charge in [0.15, 0.2) is 6.10 Å². The van der Waals surface area contributed by atoms with E-state index in [-0.39, 0.29) is 11.5 Å². The molecule has 7 nitrogen and oxygen atoms in total. The zero-order valence-corrected chi connectivity index (χ0v) is 11.7. The van der Waals surface area contributed by atoms with E-state index in [9.17, 15) is 9.59 Å². The zero-order chi connectivity index (χ0) is 14.8. The molecule has 1 saturated heterocycles. The van der Waals surface area contributed by atoms with Crippen molar-refractivity contribution in [2.24, 2.45) is 0 Å². The van der Waals surface area contributed by atoms with Crippen LogP contribution in [0.3, 0.4) is 0 Å². The third-order valence-corrected chi connectivity index (χ3v) is 3.49. The molecule has 0 spiro atoms. The van der Waals surface area contributed by atoms with Gasteiger partial charge in [-0.3, -0.25) is 14.0 Å². The third-order valence-electron chi connectivity index (χ3n) is 3.49. The minimum absolute atomic E-state index is 0.140. The van der Waals surface area contributed by atoms with Crippen molar-refractivity contribution in [1.82, 2.24) is 14.7 Å². The first-order valence-corrected chi connectivity index (χ1v) is 6.75. The molecule has 2 aromatic rings. The standard InChI is InChI=1S/C14H16N4O3/c1-15-14(20)10-9-17(6-7-21-10)12-8-13(19)18-5-3-2-4-11(18)16-12/h2-5,8,10H,6-7,9H2,1H3,(H,15,20). The third kappa shape index (κ3) is 2.59. The van der Waals surface area contributed by atoms with Crippen molar-refractivity contribution in [2.75, 3.05) is 31.6 Å². The molecule has 0 saturated carbocycles. The summed E-state index contributed by atoms with van der Waals surface area (Å²) in [7, 11) is 1.57. The van der Waals surface area contributed by atoms with Crippen LogP contribution in [-0.2, 0) is 9.53 Å². The lowest BCUT2D eigenvalue weighted by Gasteiger charge is -2.32. The lowest BCUT2D eigenvalue weighted by molar-refractivity contribution is -0.132. The molecule has 0 bridgehead atoms. The van der Waals surface area contributed by atoms with Crippen LogP contribution in [0.1, 0.15) is 0 Å². The number of rotatable bonds is 2. The molecule has 2 aromatic heterocycles. The summed E-state index contributed by atoms with van der Waals surface area (Å²) in [5.74, 6) is 0.403. The van der Waals surface area contributed by atoms with E-state index in [0.29, 0.717) is 31.2 Å². The number of anilines is 1. The van der Waals surface area contributed by atoms with E-state index < -0.39 is 6.10 Å². The smallest absolute Gasteiger partial charge is 0.259 e.